The van der Waals surface area contributed by atoms with Crippen LogP contribution in [0.25, 0.3) is 0 Å². The minimum Gasteiger partial charge on any atom is -0.496 e. The van der Waals surface area contributed by atoms with Gasteiger partial charge in [-0.3, -0.25) is 0 Å². The molecule has 1 unspecified atom stereocenters. The molecule has 27 heavy (non-hydrogen) atoms. The average molecular weight is 505 g/mol. The van der Waals surface area contributed by atoms with Crippen LogP contribution in [0.15, 0.2) is 23.2 Å². The van der Waals surface area contributed by atoms with Crippen molar-refractivity contribution in [2.75, 3.05) is 13.7 Å². The monoisotopic (exact) mass is 504 g/mol. The Labute approximate surface area is 182 Å². The van der Waals surface area contributed by atoms with E-state index >= 15 is 0 Å². The SMILES string of the molecule is CCNC(=NCc1ccc(Cl)cc1OC)NC1CCc2nc(C)nn2C1.I. The van der Waals surface area contributed by atoms with Gasteiger partial charge in [0.15, 0.2) is 5.96 Å². The number of methoxy groups -OCH3 is 1. The number of rotatable bonds is 5. The van der Waals surface area contributed by atoms with Gasteiger partial charge in [0.1, 0.15) is 17.4 Å². The third-order valence-electron chi connectivity index (χ3n) is 4.31. The van der Waals surface area contributed by atoms with Gasteiger partial charge in [-0.1, -0.05) is 17.7 Å². The van der Waals surface area contributed by atoms with Gasteiger partial charge < -0.3 is 15.4 Å². The molecule has 0 fully saturated rings. The molecule has 1 aliphatic heterocycles. The number of fused-ring (bicyclic) bond motifs is 1. The van der Waals surface area contributed by atoms with E-state index < -0.39 is 0 Å². The first-order chi connectivity index (χ1) is 12.6. The van der Waals surface area contributed by atoms with Crippen molar-refractivity contribution < 1.29 is 4.74 Å². The van der Waals surface area contributed by atoms with Gasteiger partial charge in [-0.2, -0.15) is 5.10 Å². The van der Waals surface area contributed by atoms with Gasteiger partial charge in [0.25, 0.3) is 0 Å². The molecule has 0 aliphatic carbocycles. The Morgan fingerprint density at radius 3 is 3.00 bits per heavy atom. The summed E-state index contributed by atoms with van der Waals surface area (Å²) < 4.78 is 7.39. The van der Waals surface area contributed by atoms with Crippen LogP contribution in [0.1, 0.15) is 30.6 Å². The summed E-state index contributed by atoms with van der Waals surface area (Å²) in [5.74, 6) is 3.43. The lowest BCUT2D eigenvalue weighted by Crippen LogP contribution is -2.47. The summed E-state index contributed by atoms with van der Waals surface area (Å²) >= 11 is 6.03. The minimum absolute atomic E-state index is 0. The lowest BCUT2D eigenvalue weighted by molar-refractivity contribution is 0.392. The van der Waals surface area contributed by atoms with E-state index in [2.05, 4.69) is 27.6 Å². The molecule has 1 aromatic heterocycles. The third-order valence-corrected chi connectivity index (χ3v) is 4.54. The molecule has 0 bridgehead atoms. The molecule has 7 nitrogen and oxygen atoms in total. The highest BCUT2D eigenvalue weighted by Crippen LogP contribution is 2.23. The van der Waals surface area contributed by atoms with Gasteiger partial charge in [-0.25, -0.2) is 14.7 Å². The van der Waals surface area contributed by atoms with Crippen molar-refractivity contribution in [1.82, 2.24) is 25.4 Å². The van der Waals surface area contributed by atoms with Gasteiger partial charge in [0, 0.05) is 29.6 Å². The summed E-state index contributed by atoms with van der Waals surface area (Å²) in [4.78, 5) is 9.16. The maximum absolute atomic E-state index is 6.03. The Bertz CT molecular complexity index is 794. The van der Waals surface area contributed by atoms with Gasteiger partial charge in [-0.05, 0) is 32.4 Å². The molecule has 0 amide bonds. The first kappa shape index (κ1) is 21.7. The largest absolute Gasteiger partial charge is 0.496 e. The molecule has 0 saturated heterocycles. The number of hydrogen-bond acceptors (Lipinski definition) is 4. The molecular formula is C18H26ClIN6O. The van der Waals surface area contributed by atoms with Crippen molar-refractivity contribution in [3.05, 3.63) is 40.4 Å². The average Bonchev–Trinajstić information content (AvgIpc) is 2.99. The topological polar surface area (TPSA) is 76.4 Å². The lowest BCUT2D eigenvalue weighted by Gasteiger charge is -2.25. The standard InChI is InChI=1S/C18H25ClN6O.HI/c1-4-20-18(21-10-13-5-6-14(19)9-16(13)26-3)23-15-7-8-17-22-12(2)24-25(17)11-15;/h5-6,9,15H,4,7-8,10-11H2,1-3H3,(H2,20,21,23);1H. The number of nitrogens with one attached hydrogen (secondary N) is 2. The molecule has 2 N–H and O–H groups in total. The fourth-order valence-electron chi connectivity index (χ4n) is 3.08. The van der Waals surface area contributed by atoms with Crippen LogP contribution in [0, 0.1) is 6.92 Å². The Morgan fingerprint density at radius 2 is 2.26 bits per heavy atom. The van der Waals surface area contributed by atoms with E-state index in [4.69, 9.17) is 21.3 Å². The molecule has 1 atom stereocenters. The fraction of sp³-hybridized carbons (Fsp3) is 0.500. The quantitative estimate of drug-likeness (QED) is 0.372. The maximum Gasteiger partial charge on any atom is 0.191 e. The number of ether oxygens (including phenoxy) is 1. The Balaban J connectivity index is 0.00000261. The minimum atomic E-state index is 0. The van der Waals surface area contributed by atoms with E-state index in [1.165, 1.54) is 0 Å². The van der Waals surface area contributed by atoms with Crippen LogP contribution in [0.2, 0.25) is 5.02 Å². The summed E-state index contributed by atoms with van der Waals surface area (Å²) in [6, 6.07) is 5.88. The number of aliphatic imine (C=N–C) groups is 1. The molecule has 2 heterocycles. The predicted molar refractivity (Wildman–Crippen MR) is 118 cm³/mol. The smallest absolute Gasteiger partial charge is 0.191 e. The van der Waals surface area contributed by atoms with Crippen LogP contribution >= 0.6 is 35.6 Å². The number of guanidine groups is 1. The van der Waals surface area contributed by atoms with Crippen molar-refractivity contribution in [2.45, 2.75) is 45.8 Å². The Hall–Kier alpha value is -1.55. The van der Waals surface area contributed by atoms with E-state index in [-0.39, 0.29) is 30.0 Å². The van der Waals surface area contributed by atoms with E-state index in [9.17, 15) is 0 Å². The second-order valence-corrected chi connectivity index (χ2v) is 6.73. The Morgan fingerprint density at radius 1 is 1.44 bits per heavy atom. The molecule has 1 aliphatic rings. The predicted octanol–water partition coefficient (Wildman–Crippen LogP) is 2.94. The van der Waals surface area contributed by atoms with Gasteiger partial charge in [0.2, 0.25) is 0 Å². The number of nitrogens with zero attached hydrogens (tertiary/aromatic N) is 4. The van der Waals surface area contributed by atoms with Crippen molar-refractivity contribution in [1.29, 1.82) is 0 Å². The van der Waals surface area contributed by atoms with Crippen molar-refractivity contribution in [2.24, 2.45) is 4.99 Å². The van der Waals surface area contributed by atoms with Crippen LogP contribution < -0.4 is 15.4 Å². The number of aryl methyl sites for hydroxylation is 2. The molecule has 9 heteroatoms. The third kappa shape index (κ3) is 5.71. The van der Waals surface area contributed by atoms with Crippen LogP contribution in [-0.4, -0.2) is 40.4 Å². The van der Waals surface area contributed by atoms with Gasteiger partial charge >= 0.3 is 0 Å². The van der Waals surface area contributed by atoms with E-state index in [0.717, 1.165) is 54.9 Å². The first-order valence-electron chi connectivity index (χ1n) is 8.86. The lowest BCUT2D eigenvalue weighted by atomic mass is 10.1. The van der Waals surface area contributed by atoms with E-state index in [0.29, 0.717) is 11.6 Å². The first-order valence-corrected chi connectivity index (χ1v) is 9.24. The van der Waals surface area contributed by atoms with Crippen LogP contribution in [0.5, 0.6) is 5.75 Å². The second-order valence-electron chi connectivity index (χ2n) is 6.29. The van der Waals surface area contributed by atoms with Crippen LogP contribution in [0.3, 0.4) is 0 Å². The van der Waals surface area contributed by atoms with Crippen molar-refractivity contribution in [3.8, 4) is 5.75 Å². The molecule has 1 aromatic carbocycles. The van der Waals surface area contributed by atoms with Crippen LogP contribution in [-0.2, 0) is 19.5 Å². The summed E-state index contributed by atoms with van der Waals surface area (Å²) in [7, 11) is 1.64. The highest BCUT2D eigenvalue weighted by molar-refractivity contribution is 14.0. The summed E-state index contributed by atoms with van der Waals surface area (Å²) in [6.07, 6.45) is 1.93. The normalized spacial score (nSPS) is 16.3. The van der Waals surface area contributed by atoms with Gasteiger partial charge in [0.05, 0.1) is 20.2 Å². The molecule has 0 radical (unpaired) electrons. The number of halogens is 2. The number of benzene rings is 1. The zero-order valence-electron chi connectivity index (χ0n) is 15.8. The highest BCUT2D eigenvalue weighted by atomic mass is 127. The van der Waals surface area contributed by atoms with Crippen LogP contribution in [0.4, 0.5) is 0 Å². The molecule has 0 saturated carbocycles. The fourth-order valence-corrected chi connectivity index (χ4v) is 3.24. The van der Waals surface area contributed by atoms with E-state index in [1.807, 2.05) is 29.8 Å². The van der Waals surface area contributed by atoms with Crippen molar-refractivity contribution in [3.63, 3.8) is 0 Å². The van der Waals surface area contributed by atoms with E-state index in [1.54, 1.807) is 7.11 Å². The summed E-state index contributed by atoms with van der Waals surface area (Å²) in [5.41, 5.74) is 0.993. The van der Waals surface area contributed by atoms with Gasteiger partial charge in [-0.15, -0.1) is 24.0 Å². The zero-order chi connectivity index (χ0) is 18.5. The second kappa shape index (κ2) is 10.1. The summed E-state index contributed by atoms with van der Waals surface area (Å²) in [6.45, 7) is 6.09. The number of hydrogen-bond donors (Lipinski definition) is 2. The summed E-state index contributed by atoms with van der Waals surface area (Å²) in [5, 5.41) is 11.9. The maximum atomic E-state index is 6.03. The molecule has 0 spiro atoms. The number of aromatic nitrogens is 3. The molecule has 148 valence electrons. The highest BCUT2D eigenvalue weighted by Gasteiger charge is 2.21. The van der Waals surface area contributed by atoms with Crippen molar-refractivity contribution >= 4 is 41.5 Å². The molecule has 2 aromatic rings. The molecular weight excluding hydrogens is 479 g/mol. The molecule has 3 rings (SSSR count). The Kier molecular flexibility index (Phi) is 8.15. The zero-order valence-corrected chi connectivity index (χ0v) is 18.9.